The van der Waals surface area contributed by atoms with E-state index in [-0.39, 0.29) is 28.3 Å². The summed E-state index contributed by atoms with van der Waals surface area (Å²) < 4.78 is 4.63. The number of thioether (sulfide) groups is 1. The van der Waals surface area contributed by atoms with Crippen LogP contribution in [0.5, 0.6) is 0 Å². The van der Waals surface area contributed by atoms with Crippen molar-refractivity contribution in [2.75, 3.05) is 13.7 Å². The Bertz CT molecular complexity index is 1070. The lowest BCUT2D eigenvalue weighted by molar-refractivity contribution is -0.140. The second kappa shape index (κ2) is 15.2. The molecule has 2 aromatic rings. The fourth-order valence-corrected chi connectivity index (χ4v) is 5.14. The van der Waals surface area contributed by atoms with E-state index in [4.69, 9.17) is 0 Å². The third kappa shape index (κ3) is 10.0. The third-order valence-corrected chi connectivity index (χ3v) is 7.38. The lowest BCUT2D eigenvalue weighted by atomic mass is 9.99. The van der Waals surface area contributed by atoms with Crippen LogP contribution in [0.2, 0.25) is 0 Å². The van der Waals surface area contributed by atoms with Crippen LogP contribution in [0, 0.1) is 0 Å². The second-order valence-electron chi connectivity index (χ2n) is 9.28. The van der Waals surface area contributed by atoms with Crippen LogP contribution in [-0.4, -0.2) is 41.9 Å². The van der Waals surface area contributed by atoms with Crippen LogP contribution < -0.4 is 10.6 Å². The number of carbonyl (C=O) groups excluding carboxylic acids is 4. The Balaban J connectivity index is 1.33. The van der Waals surface area contributed by atoms with Crippen LogP contribution in [0.3, 0.4) is 0 Å². The van der Waals surface area contributed by atoms with Crippen molar-refractivity contribution >= 4 is 34.8 Å². The van der Waals surface area contributed by atoms with Gasteiger partial charge in [0.25, 0.3) is 5.24 Å². The van der Waals surface area contributed by atoms with Gasteiger partial charge in [0, 0.05) is 19.4 Å². The molecule has 3 amide bonds. The molecule has 1 saturated heterocycles. The molecular weight excluding hydrogens is 488 g/mol. The average molecular weight is 525 g/mol. The van der Waals surface area contributed by atoms with Crippen molar-refractivity contribution in [2.45, 2.75) is 69.5 Å². The SMILES string of the molecule is COC(=O)CCCCCCCCC(=O)NCCc1cccc(-c2ccc(CC3SC(=O)NC3=O)cc2)c1. The first-order chi connectivity index (χ1) is 17.9. The van der Waals surface area contributed by atoms with Gasteiger partial charge in [-0.05, 0) is 47.9 Å². The van der Waals surface area contributed by atoms with Crippen molar-refractivity contribution in [3.05, 3.63) is 59.7 Å². The van der Waals surface area contributed by atoms with Crippen molar-refractivity contribution in [3.8, 4) is 11.1 Å². The largest absolute Gasteiger partial charge is 0.469 e. The van der Waals surface area contributed by atoms with E-state index in [1.165, 1.54) is 7.11 Å². The fourth-order valence-electron chi connectivity index (χ4n) is 4.28. The van der Waals surface area contributed by atoms with Crippen LogP contribution in [0.1, 0.15) is 62.5 Å². The Morgan fingerprint density at radius 2 is 1.59 bits per heavy atom. The number of ether oxygens (including phenoxy) is 1. The zero-order valence-electron chi connectivity index (χ0n) is 21.4. The van der Waals surface area contributed by atoms with E-state index in [1.54, 1.807) is 0 Å². The molecule has 0 bridgehead atoms. The summed E-state index contributed by atoms with van der Waals surface area (Å²) in [4.78, 5) is 46.4. The first-order valence-electron chi connectivity index (χ1n) is 13.0. The standard InChI is InChI=1S/C29H36N2O5S/c1-36-27(33)12-7-5-3-2-4-6-11-26(32)30-18-17-21-9-8-10-24(19-21)23-15-13-22(14-16-23)20-25-28(34)31-29(35)37-25/h8-10,13-16,19,25H,2-7,11-12,17-18,20H2,1H3,(H,30,32)(H,31,34,35). The molecule has 0 spiro atoms. The zero-order chi connectivity index (χ0) is 26.5. The molecule has 198 valence electrons. The van der Waals surface area contributed by atoms with E-state index in [2.05, 4.69) is 33.6 Å². The van der Waals surface area contributed by atoms with Crippen LogP contribution in [0.4, 0.5) is 4.79 Å². The molecule has 1 unspecified atom stereocenters. The van der Waals surface area contributed by atoms with Gasteiger partial charge in [-0.1, -0.05) is 86.0 Å². The Morgan fingerprint density at radius 1 is 0.892 bits per heavy atom. The van der Waals surface area contributed by atoms with E-state index in [1.807, 2.05) is 30.3 Å². The molecule has 37 heavy (non-hydrogen) atoms. The number of amides is 3. The molecule has 1 fully saturated rings. The van der Waals surface area contributed by atoms with Crippen molar-refractivity contribution in [1.29, 1.82) is 0 Å². The molecule has 0 radical (unpaired) electrons. The summed E-state index contributed by atoms with van der Waals surface area (Å²) >= 11 is 1.05. The third-order valence-electron chi connectivity index (χ3n) is 6.40. The normalized spacial score (nSPS) is 14.9. The first kappa shape index (κ1) is 28.4. The zero-order valence-corrected chi connectivity index (χ0v) is 22.2. The Hall–Kier alpha value is -3.13. The van der Waals surface area contributed by atoms with E-state index in [0.29, 0.717) is 25.8 Å². The number of imide groups is 1. The summed E-state index contributed by atoms with van der Waals surface area (Å²) in [5.74, 6) is -0.277. The molecule has 0 aliphatic carbocycles. The van der Waals surface area contributed by atoms with Gasteiger partial charge >= 0.3 is 5.97 Å². The molecule has 1 aliphatic heterocycles. The molecule has 0 saturated carbocycles. The van der Waals surface area contributed by atoms with Crippen LogP contribution >= 0.6 is 11.8 Å². The smallest absolute Gasteiger partial charge is 0.305 e. The van der Waals surface area contributed by atoms with Gasteiger partial charge < -0.3 is 10.1 Å². The molecular formula is C29H36N2O5S. The van der Waals surface area contributed by atoms with Crippen molar-refractivity contribution in [2.24, 2.45) is 0 Å². The van der Waals surface area contributed by atoms with E-state index in [9.17, 15) is 19.2 Å². The topological polar surface area (TPSA) is 102 Å². The van der Waals surface area contributed by atoms with Crippen LogP contribution in [-0.2, 0) is 32.0 Å². The number of esters is 1. The van der Waals surface area contributed by atoms with Crippen molar-refractivity contribution in [3.63, 3.8) is 0 Å². The van der Waals surface area contributed by atoms with Gasteiger partial charge in [0.1, 0.15) is 0 Å². The molecule has 1 heterocycles. The summed E-state index contributed by atoms with van der Waals surface area (Å²) in [5.41, 5.74) is 4.36. The quantitative estimate of drug-likeness (QED) is 0.245. The fraction of sp³-hybridized carbons (Fsp3) is 0.448. The maximum absolute atomic E-state index is 12.2. The van der Waals surface area contributed by atoms with Gasteiger partial charge in [0.05, 0.1) is 12.4 Å². The number of unbranched alkanes of at least 4 members (excludes halogenated alkanes) is 5. The number of methoxy groups -OCH3 is 1. The lowest BCUT2D eigenvalue weighted by Gasteiger charge is -2.09. The summed E-state index contributed by atoms with van der Waals surface area (Å²) in [5, 5.41) is 4.71. The summed E-state index contributed by atoms with van der Waals surface area (Å²) in [6.07, 6.45) is 8.27. The van der Waals surface area contributed by atoms with Crippen LogP contribution in [0.15, 0.2) is 48.5 Å². The molecule has 3 rings (SSSR count). The van der Waals surface area contributed by atoms with E-state index < -0.39 is 0 Å². The summed E-state index contributed by atoms with van der Waals surface area (Å²) in [6, 6.07) is 16.4. The minimum atomic E-state index is -0.360. The summed E-state index contributed by atoms with van der Waals surface area (Å²) in [6.45, 7) is 0.606. The Kier molecular flexibility index (Phi) is 11.7. The number of nitrogens with one attached hydrogen (secondary N) is 2. The minimum absolute atomic E-state index is 0.0910. The Morgan fingerprint density at radius 3 is 2.27 bits per heavy atom. The molecule has 1 aliphatic rings. The van der Waals surface area contributed by atoms with E-state index in [0.717, 1.165) is 79.0 Å². The lowest BCUT2D eigenvalue weighted by Crippen LogP contribution is -2.25. The first-order valence-corrected chi connectivity index (χ1v) is 13.9. The van der Waals surface area contributed by atoms with Gasteiger partial charge in [0.15, 0.2) is 0 Å². The maximum atomic E-state index is 12.2. The Labute approximate surface area is 223 Å². The van der Waals surface area contributed by atoms with Crippen LogP contribution in [0.25, 0.3) is 11.1 Å². The highest BCUT2D eigenvalue weighted by Crippen LogP contribution is 2.25. The molecule has 0 aromatic heterocycles. The van der Waals surface area contributed by atoms with Gasteiger partial charge in [-0.2, -0.15) is 0 Å². The van der Waals surface area contributed by atoms with Gasteiger partial charge in [-0.15, -0.1) is 0 Å². The highest BCUT2D eigenvalue weighted by molar-refractivity contribution is 8.15. The highest BCUT2D eigenvalue weighted by atomic mass is 32.2. The van der Waals surface area contributed by atoms with Gasteiger partial charge in [0.2, 0.25) is 11.8 Å². The predicted octanol–water partition coefficient (Wildman–Crippen LogP) is 5.20. The van der Waals surface area contributed by atoms with Gasteiger partial charge in [-0.3, -0.25) is 24.5 Å². The monoisotopic (exact) mass is 524 g/mol. The molecule has 2 N–H and O–H groups in total. The highest BCUT2D eigenvalue weighted by Gasteiger charge is 2.31. The molecule has 7 nitrogen and oxygen atoms in total. The minimum Gasteiger partial charge on any atom is -0.469 e. The number of benzene rings is 2. The predicted molar refractivity (Wildman–Crippen MR) is 146 cm³/mol. The average Bonchev–Trinajstić information content (AvgIpc) is 3.22. The number of carbonyl (C=O) groups is 4. The molecule has 1 atom stereocenters. The van der Waals surface area contributed by atoms with Crippen molar-refractivity contribution < 1.29 is 23.9 Å². The number of hydrogen-bond acceptors (Lipinski definition) is 6. The molecule has 2 aromatic carbocycles. The van der Waals surface area contributed by atoms with E-state index >= 15 is 0 Å². The molecule has 8 heteroatoms. The number of hydrogen-bond donors (Lipinski definition) is 2. The second-order valence-corrected chi connectivity index (χ2v) is 10.5. The van der Waals surface area contributed by atoms with Crippen molar-refractivity contribution in [1.82, 2.24) is 10.6 Å². The van der Waals surface area contributed by atoms with Gasteiger partial charge in [-0.25, -0.2) is 0 Å². The summed E-state index contributed by atoms with van der Waals surface area (Å²) in [7, 11) is 1.41. The maximum Gasteiger partial charge on any atom is 0.305 e. The number of rotatable bonds is 15.